The highest BCUT2D eigenvalue weighted by Crippen LogP contribution is 2.21. The standard InChI is InChI=1S/C10H19N3O/c1-8(2)9(7-14-4)13-6-5-12-10(13)11-3/h5-6,8-9H,7H2,1-4H3,(H,11,12). The number of imidazole rings is 1. The zero-order chi connectivity index (χ0) is 10.6. The zero-order valence-electron chi connectivity index (χ0n) is 9.32. The number of ether oxygens (including phenoxy) is 1. The van der Waals surface area contributed by atoms with Gasteiger partial charge in [-0.15, -0.1) is 0 Å². The van der Waals surface area contributed by atoms with Crippen LogP contribution in [0, 0.1) is 5.92 Å². The Hall–Kier alpha value is -1.03. The molecule has 4 heteroatoms. The molecular weight excluding hydrogens is 178 g/mol. The van der Waals surface area contributed by atoms with E-state index in [2.05, 4.69) is 28.7 Å². The van der Waals surface area contributed by atoms with Crippen molar-refractivity contribution in [1.82, 2.24) is 9.55 Å². The van der Waals surface area contributed by atoms with E-state index in [1.807, 2.05) is 13.2 Å². The second-order valence-corrected chi connectivity index (χ2v) is 3.67. The molecule has 0 aliphatic carbocycles. The first-order valence-corrected chi connectivity index (χ1v) is 4.90. The first kappa shape index (κ1) is 11.0. The fourth-order valence-corrected chi connectivity index (χ4v) is 1.54. The number of hydrogen-bond donors (Lipinski definition) is 1. The van der Waals surface area contributed by atoms with Crippen molar-refractivity contribution in [2.75, 3.05) is 26.1 Å². The molecule has 0 spiro atoms. The summed E-state index contributed by atoms with van der Waals surface area (Å²) < 4.78 is 7.33. The second-order valence-electron chi connectivity index (χ2n) is 3.67. The summed E-state index contributed by atoms with van der Waals surface area (Å²) in [4.78, 5) is 4.22. The summed E-state index contributed by atoms with van der Waals surface area (Å²) in [6, 6.07) is 0.338. The third-order valence-electron chi connectivity index (χ3n) is 2.36. The van der Waals surface area contributed by atoms with Gasteiger partial charge in [0.1, 0.15) is 0 Å². The van der Waals surface area contributed by atoms with Crippen LogP contribution in [0.15, 0.2) is 12.4 Å². The third-order valence-corrected chi connectivity index (χ3v) is 2.36. The second kappa shape index (κ2) is 5.00. The molecule has 1 N–H and O–H groups in total. The highest BCUT2D eigenvalue weighted by atomic mass is 16.5. The minimum atomic E-state index is 0.338. The topological polar surface area (TPSA) is 39.1 Å². The van der Waals surface area contributed by atoms with Crippen LogP contribution in [0.5, 0.6) is 0 Å². The largest absolute Gasteiger partial charge is 0.383 e. The fraction of sp³-hybridized carbons (Fsp3) is 0.700. The van der Waals surface area contributed by atoms with Crippen LogP contribution in [0.3, 0.4) is 0 Å². The van der Waals surface area contributed by atoms with E-state index in [1.54, 1.807) is 13.3 Å². The third kappa shape index (κ3) is 2.26. The summed E-state index contributed by atoms with van der Waals surface area (Å²) in [5.41, 5.74) is 0. The number of anilines is 1. The minimum Gasteiger partial charge on any atom is -0.383 e. The van der Waals surface area contributed by atoms with E-state index in [-0.39, 0.29) is 0 Å². The van der Waals surface area contributed by atoms with Crippen LogP contribution in [0.25, 0.3) is 0 Å². The van der Waals surface area contributed by atoms with Gasteiger partial charge in [0.15, 0.2) is 0 Å². The Labute approximate surface area is 85.3 Å². The lowest BCUT2D eigenvalue weighted by Crippen LogP contribution is -2.21. The van der Waals surface area contributed by atoms with Gasteiger partial charge in [-0.25, -0.2) is 4.98 Å². The average Bonchev–Trinajstić information content (AvgIpc) is 2.61. The Morgan fingerprint density at radius 1 is 1.57 bits per heavy atom. The van der Waals surface area contributed by atoms with Crippen molar-refractivity contribution in [2.24, 2.45) is 5.92 Å². The maximum atomic E-state index is 5.21. The molecule has 0 fully saturated rings. The average molecular weight is 197 g/mol. The van der Waals surface area contributed by atoms with Gasteiger partial charge >= 0.3 is 0 Å². The van der Waals surface area contributed by atoms with Gasteiger partial charge in [0.2, 0.25) is 5.95 Å². The van der Waals surface area contributed by atoms with Gasteiger partial charge in [-0.05, 0) is 5.92 Å². The minimum absolute atomic E-state index is 0.338. The van der Waals surface area contributed by atoms with E-state index in [4.69, 9.17) is 4.74 Å². The van der Waals surface area contributed by atoms with Crippen molar-refractivity contribution in [1.29, 1.82) is 0 Å². The Morgan fingerprint density at radius 3 is 2.79 bits per heavy atom. The number of aromatic nitrogens is 2. The highest BCUT2D eigenvalue weighted by molar-refractivity contribution is 5.25. The number of hydrogen-bond acceptors (Lipinski definition) is 3. The Bertz CT molecular complexity index is 270. The predicted molar refractivity (Wildman–Crippen MR) is 57.5 cm³/mol. The summed E-state index contributed by atoms with van der Waals surface area (Å²) in [5.74, 6) is 1.41. The number of methoxy groups -OCH3 is 1. The summed E-state index contributed by atoms with van der Waals surface area (Å²) in [5, 5.41) is 3.07. The lowest BCUT2D eigenvalue weighted by atomic mass is 10.1. The first-order chi connectivity index (χ1) is 6.70. The van der Waals surface area contributed by atoms with Crippen molar-refractivity contribution in [3.05, 3.63) is 12.4 Å². The van der Waals surface area contributed by atoms with Crippen molar-refractivity contribution < 1.29 is 4.74 Å². The fourth-order valence-electron chi connectivity index (χ4n) is 1.54. The molecule has 1 rings (SSSR count). The quantitative estimate of drug-likeness (QED) is 0.782. The van der Waals surface area contributed by atoms with E-state index < -0.39 is 0 Å². The molecule has 1 aromatic heterocycles. The summed E-state index contributed by atoms with van der Waals surface area (Å²) >= 11 is 0. The molecule has 0 radical (unpaired) electrons. The molecule has 1 atom stereocenters. The molecule has 14 heavy (non-hydrogen) atoms. The molecule has 0 bridgehead atoms. The molecule has 0 saturated heterocycles. The summed E-state index contributed by atoms with van der Waals surface area (Å²) in [6.45, 7) is 5.08. The van der Waals surface area contributed by atoms with Crippen LogP contribution in [-0.4, -0.2) is 30.3 Å². The van der Waals surface area contributed by atoms with Crippen molar-refractivity contribution in [3.8, 4) is 0 Å². The molecule has 80 valence electrons. The Kier molecular flexibility index (Phi) is 3.95. The van der Waals surface area contributed by atoms with Gasteiger partial charge in [0.25, 0.3) is 0 Å². The molecule has 0 aliphatic rings. The van der Waals surface area contributed by atoms with E-state index in [0.717, 1.165) is 5.95 Å². The van der Waals surface area contributed by atoms with Gasteiger partial charge in [0, 0.05) is 26.6 Å². The van der Waals surface area contributed by atoms with E-state index in [1.165, 1.54) is 0 Å². The molecule has 0 aromatic carbocycles. The monoisotopic (exact) mass is 197 g/mol. The van der Waals surface area contributed by atoms with Gasteiger partial charge in [-0.1, -0.05) is 13.8 Å². The molecule has 1 heterocycles. The summed E-state index contributed by atoms with van der Waals surface area (Å²) in [7, 11) is 3.61. The van der Waals surface area contributed by atoms with Crippen LogP contribution < -0.4 is 5.32 Å². The zero-order valence-corrected chi connectivity index (χ0v) is 9.32. The van der Waals surface area contributed by atoms with Crippen molar-refractivity contribution >= 4 is 5.95 Å². The van der Waals surface area contributed by atoms with Crippen LogP contribution >= 0.6 is 0 Å². The van der Waals surface area contributed by atoms with Gasteiger partial charge in [-0.2, -0.15) is 0 Å². The van der Waals surface area contributed by atoms with Gasteiger partial charge in [-0.3, -0.25) is 0 Å². The molecule has 0 aliphatic heterocycles. The summed E-state index contributed by atoms with van der Waals surface area (Å²) in [6.07, 6.45) is 3.78. The van der Waals surface area contributed by atoms with Crippen LogP contribution in [0.4, 0.5) is 5.95 Å². The van der Waals surface area contributed by atoms with Crippen molar-refractivity contribution in [2.45, 2.75) is 19.9 Å². The Morgan fingerprint density at radius 2 is 2.29 bits per heavy atom. The van der Waals surface area contributed by atoms with E-state index in [9.17, 15) is 0 Å². The highest BCUT2D eigenvalue weighted by Gasteiger charge is 2.17. The van der Waals surface area contributed by atoms with E-state index >= 15 is 0 Å². The van der Waals surface area contributed by atoms with E-state index in [0.29, 0.717) is 18.6 Å². The molecule has 1 aromatic rings. The number of nitrogens with zero attached hydrogens (tertiary/aromatic N) is 2. The van der Waals surface area contributed by atoms with Crippen molar-refractivity contribution in [3.63, 3.8) is 0 Å². The molecule has 1 unspecified atom stereocenters. The SMILES string of the molecule is CNc1nccn1C(COC)C(C)C. The normalized spacial score (nSPS) is 13.2. The first-order valence-electron chi connectivity index (χ1n) is 4.90. The number of nitrogens with one attached hydrogen (secondary N) is 1. The molecular formula is C10H19N3O. The Balaban J connectivity index is 2.86. The number of rotatable bonds is 5. The van der Waals surface area contributed by atoms with Crippen LogP contribution in [0.2, 0.25) is 0 Å². The predicted octanol–water partition coefficient (Wildman–Crippen LogP) is 1.77. The maximum absolute atomic E-state index is 5.21. The smallest absolute Gasteiger partial charge is 0.202 e. The van der Waals surface area contributed by atoms with Gasteiger partial charge in [0.05, 0.1) is 12.6 Å². The van der Waals surface area contributed by atoms with Crippen LogP contribution in [0.1, 0.15) is 19.9 Å². The maximum Gasteiger partial charge on any atom is 0.202 e. The molecule has 0 amide bonds. The lowest BCUT2D eigenvalue weighted by Gasteiger charge is -2.23. The van der Waals surface area contributed by atoms with Crippen LogP contribution in [-0.2, 0) is 4.74 Å². The lowest BCUT2D eigenvalue weighted by molar-refractivity contribution is 0.134. The van der Waals surface area contributed by atoms with Gasteiger partial charge < -0.3 is 14.6 Å². The molecule has 0 saturated carbocycles. The molecule has 4 nitrogen and oxygen atoms in total.